The molecule has 0 saturated carbocycles. The molecule has 1 aromatic heterocycles. The van der Waals surface area contributed by atoms with E-state index in [-0.39, 0.29) is 13.2 Å². The molecule has 2 saturated heterocycles. The van der Waals surface area contributed by atoms with Crippen LogP contribution < -0.4 is 9.80 Å². The van der Waals surface area contributed by atoms with Gasteiger partial charge in [0.1, 0.15) is 0 Å². The fourth-order valence-corrected chi connectivity index (χ4v) is 2.97. The fraction of sp³-hybridized carbons (Fsp3) is 0.533. The summed E-state index contributed by atoms with van der Waals surface area (Å²) in [5, 5.41) is 0. The SMILES string of the molecule is CCCN1C(=O)C(=O)N(C[NH+]2CCN(c3ncccn3)CC2)C1=O. The molecular weight excluding hydrogens is 312 g/mol. The minimum Gasteiger partial charge on any atom is -0.330 e. The van der Waals surface area contributed by atoms with Gasteiger partial charge in [0, 0.05) is 18.9 Å². The van der Waals surface area contributed by atoms with Crippen molar-refractivity contribution < 1.29 is 19.3 Å². The number of hydrogen-bond acceptors (Lipinski definition) is 6. The van der Waals surface area contributed by atoms with E-state index in [1.807, 2.05) is 6.92 Å². The van der Waals surface area contributed by atoms with E-state index in [0.29, 0.717) is 12.4 Å². The molecule has 128 valence electrons. The molecule has 2 aliphatic rings. The summed E-state index contributed by atoms with van der Waals surface area (Å²) >= 11 is 0. The first kappa shape index (κ1) is 16.3. The molecule has 0 unspecified atom stereocenters. The Morgan fingerprint density at radius 1 is 1.04 bits per heavy atom. The number of amides is 4. The van der Waals surface area contributed by atoms with Crippen LogP contribution in [0.4, 0.5) is 10.7 Å². The molecule has 2 aliphatic heterocycles. The molecular formula is C15H21N6O3+. The predicted molar refractivity (Wildman–Crippen MR) is 84.1 cm³/mol. The van der Waals surface area contributed by atoms with E-state index in [1.54, 1.807) is 18.5 Å². The van der Waals surface area contributed by atoms with E-state index in [1.165, 1.54) is 0 Å². The van der Waals surface area contributed by atoms with E-state index < -0.39 is 17.8 Å². The summed E-state index contributed by atoms with van der Waals surface area (Å²) in [5.41, 5.74) is 0. The maximum atomic E-state index is 12.2. The molecule has 9 heteroatoms. The summed E-state index contributed by atoms with van der Waals surface area (Å²) in [5.74, 6) is -0.735. The van der Waals surface area contributed by atoms with Gasteiger partial charge in [0.05, 0.1) is 26.2 Å². The standard InChI is InChI=1S/C15H20N6O3/c1-2-6-20-12(22)13(23)21(15(20)24)11-18-7-9-19(10-8-18)14-16-4-3-5-17-14/h3-5H,2,6-11H2,1H3/p+1. The molecule has 24 heavy (non-hydrogen) atoms. The van der Waals surface area contributed by atoms with Crippen LogP contribution in [0.25, 0.3) is 0 Å². The highest BCUT2D eigenvalue weighted by Crippen LogP contribution is 2.11. The topological polar surface area (TPSA) is 91.2 Å². The predicted octanol–water partition coefficient (Wildman–Crippen LogP) is -1.66. The van der Waals surface area contributed by atoms with E-state index in [0.717, 1.165) is 40.9 Å². The van der Waals surface area contributed by atoms with Gasteiger partial charge in [0.2, 0.25) is 5.95 Å². The van der Waals surface area contributed by atoms with Crippen molar-refractivity contribution in [3.8, 4) is 0 Å². The normalized spacial score (nSPS) is 19.5. The van der Waals surface area contributed by atoms with Crippen LogP contribution in [0.2, 0.25) is 0 Å². The van der Waals surface area contributed by atoms with Crippen LogP contribution in [0.1, 0.15) is 13.3 Å². The van der Waals surface area contributed by atoms with Gasteiger partial charge in [-0.05, 0) is 12.5 Å². The number of quaternary nitrogens is 1. The lowest BCUT2D eigenvalue weighted by Crippen LogP contribution is -3.16. The lowest BCUT2D eigenvalue weighted by atomic mass is 10.3. The summed E-state index contributed by atoms with van der Waals surface area (Å²) in [6.07, 6.45) is 4.05. The Balaban J connectivity index is 1.57. The lowest BCUT2D eigenvalue weighted by Gasteiger charge is -2.33. The van der Waals surface area contributed by atoms with Crippen molar-refractivity contribution in [1.82, 2.24) is 19.8 Å². The van der Waals surface area contributed by atoms with Crippen molar-refractivity contribution in [3.63, 3.8) is 0 Å². The van der Waals surface area contributed by atoms with Gasteiger partial charge in [-0.25, -0.2) is 19.7 Å². The second kappa shape index (κ2) is 6.91. The Morgan fingerprint density at radius 3 is 2.29 bits per heavy atom. The smallest absolute Gasteiger partial charge is 0.330 e. The number of anilines is 1. The second-order valence-electron chi connectivity index (χ2n) is 5.92. The van der Waals surface area contributed by atoms with Gasteiger partial charge in [-0.1, -0.05) is 6.92 Å². The highest BCUT2D eigenvalue weighted by Gasteiger charge is 2.45. The number of carbonyl (C=O) groups is 3. The molecule has 0 spiro atoms. The van der Waals surface area contributed by atoms with Crippen LogP contribution in [0, 0.1) is 0 Å². The Bertz CT molecular complexity index is 629. The fourth-order valence-electron chi connectivity index (χ4n) is 2.97. The molecule has 0 bridgehead atoms. The van der Waals surface area contributed by atoms with Gasteiger partial charge in [-0.3, -0.25) is 14.5 Å². The van der Waals surface area contributed by atoms with Gasteiger partial charge < -0.3 is 9.80 Å². The first-order valence-corrected chi connectivity index (χ1v) is 8.14. The number of imide groups is 2. The van der Waals surface area contributed by atoms with Crippen LogP contribution in [0.15, 0.2) is 18.5 Å². The van der Waals surface area contributed by atoms with Crippen molar-refractivity contribution in [3.05, 3.63) is 18.5 Å². The number of hydrogen-bond donors (Lipinski definition) is 1. The van der Waals surface area contributed by atoms with Crippen LogP contribution in [-0.4, -0.2) is 77.0 Å². The van der Waals surface area contributed by atoms with Crippen LogP contribution in [0.5, 0.6) is 0 Å². The number of urea groups is 1. The molecule has 1 aromatic rings. The highest BCUT2D eigenvalue weighted by molar-refractivity contribution is 6.44. The van der Waals surface area contributed by atoms with E-state index in [9.17, 15) is 14.4 Å². The maximum absolute atomic E-state index is 12.2. The molecule has 3 rings (SSSR count). The average molecular weight is 333 g/mol. The number of rotatable bonds is 5. The monoisotopic (exact) mass is 333 g/mol. The van der Waals surface area contributed by atoms with Crippen LogP contribution in [-0.2, 0) is 9.59 Å². The number of piperazine rings is 1. The molecule has 1 N–H and O–H groups in total. The number of nitrogens with one attached hydrogen (secondary N) is 1. The number of nitrogens with zero attached hydrogens (tertiary/aromatic N) is 5. The average Bonchev–Trinajstić information content (AvgIpc) is 2.81. The second-order valence-corrected chi connectivity index (χ2v) is 5.92. The number of carbonyl (C=O) groups excluding carboxylic acids is 3. The van der Waals surface area contributed by atoms with Crippen molar-refractivity contribution in [2.75, 3.05) is 44.3 Å². The zero-order valence-electron chi connectivity index (χ0n) is 13.6. The third-order valence-electron chi connectivity index (χ3n) is 4.27. The molecule has 0 radical (unpaired) electrons. The van der Waals surface area contributed by atoms with Crippen molar-refractivity contribution in [2.24, 2.45) is 0 Å². The highest BCUT2D eigenvalue weighted by atomic mass is 16.2. The minimum atomic E-state index is -0.713. The van der Waals surface area contributed by atoms with Crippen molar-refractivity contribution in [1.29, 1.82) is 0 Å². The summed E-state index contributed by atoms with van der Waals surface area (Å²) in [7, 11) is 0. The minimum absolute atomic E-state index is 0.229. The van der Waals surface area contributed by atoms with Crippen LogP contribution in [0.3, 0.4) is 0 Å². The molecule has 4 amide bonds. The third kappa shape index (κ3) is 3.07. The van der Waals surface area contributed by atoms with E-state index in [2.05, 4.69) is 14.9 Å². The molecule has 3 heterocycles. The van der Waals surface area contributed by atoms with E-state index in [4.69, 9.17) is 0 Å². The van der Waals surface area contributed by atoms with E-state index >= 15 is 0 Å². The van der Waals surface area contributed by atoms with Gasteiger partial charge in [0.25, 0.3) is 0 Å². The number of aromatic nitrogens is 2. The molecule has 9 nitrogen and oxygen atoms in total. The first-order chi connectivity index (χ1) is 11.6. The first-order valence-electron chi connectivity index (χ1n) is 8.14. The zero-order valence-corrected chi connectivity index (χ0v) is 13.6. The largest absolute Gasteiger partial charge is 0.338 e. The van der Waals surface area contributed by atoms with Gasteiger partial charge in [-0.2, -0.15) is 0 Å². The molecule has 0 aromatic carbocycles. The van der Waals surface area contributed by atoms with Gasteiger partial charge >= 0.3 is 17.8 Å². The summed E-state index contributed by atoms with van der Waals surface area (Å²) in [6, 6.07) is 1.28. The Kier molecular flexibility index (Phi) is 4.70. The molecule has 2 fully saturated rings. The Hall–Kier alpha value is -2.55. The molecule has 0 atom stereocenters. The van der Waals surface area contributed by atoms with Crippen molar-refractivity contribution >= 4 is 23.8 Å². The Labute approximate surface area is 139 Å². The van der Waals surface area contributed by atoms with Crippen molar-refractivity contribution in [2.45, 2.75) is 13.3 Å². The summed E-state index contributed by atoms with van der Waals surface area (Å²) < 4.78 is 0. The van der Waals surface area contributed by atoms with Crippen LogP contribution >= 0.6 is 0 Å². The molecule has 0 aliphatic carbocycles. The zero-order chi connectivity index (χ0) is 17.1. The quantitative estimate of drug-likeness (QED) is 0.512. The Morgan fingerprint density at radius 2 is 1.67 bits per heavy atom. The lowest BCUT2D eigenvalue weighted by molar-refractivity contribution is -0.907. The third-order valence-corrected chi connectivity index (χ3v) is 4.27. The van der Waals surface area contributed by atoms with Gasteiger partial charge in [-0.15, -0.1) is 0 Å². The maximum Gasteiger partial charge on any atom is 0.338 e. The summed E-state index contributed by atoms with van der Waals surface area (Å²) in [4.78, 5) is 49.9. The summed E-state index contributed by atoms with van der Waals surface area (Å²) in [6.45, 7) is 5.35. The van der Waals surface area contributed by atoms with Gasteiger partial charge in [0.15, 0.2) is 6.67 Å².